The van der Waals surface area contributed by atoms with Crippen LogP contribution in [-0.2, 0) is 9.47 Å². The van der Waals surface area contributed by atoms with Crippen LogP contribution in [0.4, 0.5) is 0 Å². The monoisotopic (exact) mass is 424 g/mol. The zero-order chi connectivity index (χ0) is 21.2. The minimum absolute atomic E-state index is 0.0276. The third-order valence-corrected chi connectivity index (χ3v) is 5.65. The summed E-state index contributed by atoms with van der Waals surface area (Å²) in [5.41, 5.74) is 2.48. The molecule has 164 valence electrons. The summed E-state index contributed by atoms with van der Waals surface area (Å²) in [4.78, 5) is 8.92. The van der Waals surface area contributed by atoms with Gasteiger partial charge in [-0.1, -0.05) is 0 Å². The van der Waals surface area contributed by atoms with Gasteiger partial charge in [0.1, 0.15) is 17.5 Å². The Morgan fingerprint density at radius 1 is 1.00 bits per heavy atom. The van der Waals surface area contributed by atoms with E-state index in [1.165, 1.54) is 0 Å². The highest BCUT2D eigenvalue weighted by Crippen LogP contribution is 2.34. The van der Waals surface area contributed by atoms with Crippen molar-refractivity contribution in [2.24, 2.45) is 0 Å². The Morgan fingerprint density at radius 3 is 2.81 bits per heavy atom. The summed E-state index contributed by atoms with van der Waals surface area (Å²) in [5, 5.41) is 5.92. The van der Waals surface area contributed by atoms with E-state index in [-0.39, 0.29) is 18.4 Å². The van der Waals surface area contributed by atoms with Gasteiger partial charge in [0.05, 0.1) is 30.5 Å². The Balaban J connectivity index is 1.63. The minimum atomic E-state index is -0.161. The highest BCUT2D eigenvalue weighted by Gasteiger charge is 2.23. The molecular formula is C23H28N4O4. The first-order chi connectivity index (χ1) is 15.2. The second-order valence-corrected chi connectivity index (χ2v) is 8.24. The van der Waals surface area contributed by atoms with Crippen LogP contribution in [0.1, 0.15) is 45.8 Å². The summed E-state index contributed by atoms with van der Waals surface area (Å²) >= 11 is 0. The fourth-order valence-corrected chi connectivity index (χ4v) is 4.05. The summed E-state index contributed by atoms with van der Waals surface area (Å²) < 4.78 is 25.8. The lowest BCUT2D eigenvalue weighted by molar-refractivity contribution is -0.0365. The lowest BCUT2D eigenvalue weighted by Gasteiger charge is -2.23. The quantitative estimate of drug-likeness (QED) is 0.580. The standard InChI is InChI=1S/C23H28N4O4/c1-15-9-12-28-14-16(2)31-23-24-10-8-19(25-23)22-18-13-17(30-15)6-7-20(18)27(26-22)21-5-3-4-11-29-21/h6-8,10,13,15-16,21H,3-5,9,11-12,14H2,1-2H3/t15-,16-,21?/m0/s1. The molecule has 1 saturated heterocycles. The predicted octanol–water partition coefficient (Wildman–Crippen LogP) is 4.15. The van der Waals surface area contributed by atoms with E-state index in [1.54, 1.807) is 6.20 Å². The van der Waals surface area contributed by atoms with Gasteiger partial charge in [0.25, 0.3) is 0 Å². The molecule has 1 unspecified atom stereocenters. The molecule has 0 aliphatic carbocycles. The van der Waals surface area contributed by atoms with E-state index in [0.717, 1.165) is 54.6 Å². The maximum Gasteiger partial charge on any atom is 0.317 e. The van der Waals surface area contributed by atoms with E-state index in [9.17, 15) is 0 Å². The molecule has 31 heavy (non-hydrogen) atoms. The molecule has 0 N–H and O–H groups in total. The number of nitrogens with zero attached hydrogens (tertiary/aromatic N) is 4. The van der Waals surface area contributed by atoms with E-state index in [2.05, 4.69) is 23.0 Å². The molecule has 1 fully saturated rings. The van der Waals surface area contributed by atoms with Gasteiger partial charge >= 0.3 is 6.01 Å². The van der Waals surface area contributed by atoms with Gasteiger partial charge in [0.2, 0.25) is 0 Å². The fraction of sp³-hybridized carbons (Fsp3) is 0.522. The van der Waals surface area contributed by atoms with Gasteiger partial charge < -0.3 is 18.9 Å². The van der Waals surface area contributed by atoms with E-state index in [4.69, 9.17) is 24.0 Å². The molecule has 0 spiro atoms. The van der Waals surface area contributed by atoms with Crippen LogP contribution in [0, 0.1) is 0 Å². The fourth-order valence-electron chi connectivity index (χ4n) is 4.05. The van der Waals surface area contributed by atoms with Crippen LogP contribution < -0.4 is 9.47 Å². The van der Waals surface area contributed by atoms with E-state index in [0.29, 0.717) is 24.9 Å². The molecule has 0 amide bonds. The van der Waals surface area contributed by atoms with Crippen LogP contribution in [0.2, 0.25) is 0 Å². The Labute approximate surface area is 181 Å². The third-order valence-electron chi connectivity index (χ3n) is 5.65. The molecular weight excluding hydrogens is 396 g/mol. The summed E-state index contributed by atoms with van der Waals surface area (Å²) in [5.74, 6) is 0.805. The average Bonchev–Trinajstić information content (AvgIpc) is 3.16. The zero-order valence-electron chi connectivity index (χ0n) is 18.0. The minimum Gasteiger partial charge on any atom is -0.491 e. The maximum absolute atomic E-state index is 6.18. The molecule has 0 radical (unpaired) electrons. The van der Waals surface area contributed by atoms with Crippen molar-refractivity contribution >= 4 is 10.9 Å². The first kappa shape index (κ1) is 20.2. The molecule has 3 aromatic rings. The van der Waals surface area contributed by atoms with E-state index < -0.39 is 0 Å². The number of hydrogen-bond donors (Lipinski definition) is 0. The normalized spacial score (nSPS) is 24.8. The molecule has 4 heterocycles. The Hall–Kier alpha value is -2.71. The summed E-state index contributed by atoms with van der Waals surface area (Å²) in [6.45, 7) is 5.82. The van der Waals surface area contributed by atoms with Gasteiger partial charge in [-0.2, -0.15) is 10.1 Å². The van der Waals surface area contributed by atoms with Crippen molar-refractivity contribution < 1.29 is 18.9 Å². The molecule has 8 heteroatoms. The van der Waals surface area contributed by atoms with Crippen molar-refractivity contribution in [2.45, 2.75) is 58.0 Å². The van der Waals surface area contributed by atoms with Gasteiger partial charge in [-0.3, -0.25) is 0 Å². The molecule has 5 rings (SSSR count). The number of rotatable bonds is 1. The molecule has 0 saturated carbocycles. The number of fused-ring (bicyclic) bond motifs is 4. The van der Waals surface area contributed by atoms with E-state index >= 15 is 0 Å². The summed E-state index contributed by atoms with van der Waals surface area (Å²) in [7, 11) is 0. The van der Waals surface area contributed by atoms with Crippen LogP contribution >= 0.6 is 0 Å². The van der Waals surface area contributed by atoms with Crippen molar-refractivity contribution in [2.75, 3.05) is 19.8 Å². The number of aromatic nitrogens is 4. The SMILES string of the molecule is C[C@H]1CCOC[C@H](C)Oc2nccc(n2)-c2nn(C3CCCCO3)c3ccc(cc23)O1. The zero-order valence-corrected chi connectivity index (χ0v) is 18.0. The van der Waals surface area contributed by atoms with Gasteiger partial charge in [-0.25, -0.2) is 9.67 Å². The van der Waals surface area contributed by atoms with Crippen LogP contribution in [-0.4, -0.2) is 51.8 Å². The average molecular weight is 425 g/mol. The van der Waals surface area contributed by atoms with Crippen molar-refractivity contribution in [3.63, 3.8) is 0 Å². The molecule has 8 nitrogen and oxygen atoms in total. The summed E-state index contributed by atoms with van der Waals surface area (Å²) in [6.07, 6.45) is 5.45. The van der Waals surface area contributed by atoms with Crippen molar-refractivity contribution in [3.8, 4) is 23.1 Å². The van der Waals surface area contributed by atoms with E-state index in [1.807, 2.05) is 29.8 Å². The number of benzene rings is 1. The molecule has 2 aliphatic heterocycles. The van der Waals surface area contributed by atoms with Crippen molar-refractivity contribution in [3.05, 3.63) is 30.5 Å². The highest BCUT2D eigenvalue weighted by atomic mass is 16.5. The van der Waals surface area contributed by atoms with Crippen LogP contribution in [0.5, 0.6) is 11.8 Å². The second-order valence-electron chi connectivity index (χ2n) is 8.24. The molecule has 3 atom stereocenters. The number of hydrogen-bond acceptors (Lipinski definition) is 7. The Bertz CT molecular complexity index is 1050. The van der Waals surface area contributed by atoms with Crippen LogP contribution in [0.3, 0.4) is 0 Å². The molecule has 1 aromatic carbocycles. The number of ether oxygens (including phenoxy) is 4. The van der Waals surface area contributed by atoms with Gasteiger partial charge in [-0.15, -0.1) is 0 Å². The highest BCUT2D eigenvalue weighted by molar-refractivity contribution is 5.93. The van der Waals surface area contributed by atoms with Crippen molar-refractivity contribution in [1.29, 1.82) is 0 Å². The van der Waals surface area contributed by atoms with Crippen LogP contribution in [0.15, 0.2) is 30.5 Å². The Morgan fingerprint density at radius 2 is 1.94 bits per heavy atom. The van der Waals surface area contributed by atoms with Crippen LogP contribution in [0.25, 0.3) is 22.3 Å². The molecule has 2 aromatic heterocycles. The largest absolute Gasteiger partial charge is 0.491 e. The summed E-state index contributed by atoms with van der Waals surface area (Å²) in [6, 6.07) is 8.27. The second kappa shape index (κ2) is 8.80. The van der Waals surface area contributed by atoms with Gasteiger partial charge in [-0.05, 0) is 57.4 Å². The lowest BCUT2D eigenvalue weighted by Crippen LogP contribution is -2.22. The maximum atomic E-state index is 6.18. The first-order valence-corrected chi connectivity index (χ1v) is 11.1. The van der Waals surface area contributed by atoms with Crippen molar-refractivity contribution in [1.82, 2.24) is 19.7 Å². The molecule has 2 aliphatic rings. The topological polar surface area (TPSA) is 80.5 Å². The smallest absolute Gasteiger partial charge is 0.317 e. The van der Waals surface area contributed by atoms with Gasteiger partial charge in [0.15, 0.2) is 6.23 Å². The third kappa shape index (κ3) is 4.36. The molecule has 4 bridgehead atoms. The predicted molar refractivity (Wildman–Crippen MR) is 115 cm³/mol. The Kier molecular flexibility index (Phi) is 5.74. The lowest BCUT2D eigenvalue weighted by atomic mass is 10.1. The van der Waals surface area contributed by atoms with Gasteiger partial charge in [0, 0.05) is 24.6 Å². The first-order valence-electron chi connectivity index (χ1n) is 11.1.